The first kappa shape index (κ1) is 12.6. The van der Waals surface area contributed by atoms with Gasteiger partial charge in [0, 0.05) is 13.0 Å². The molecule has 1 N–H and O–H groups in total. The number of ether oxygens (including phenoxy) is 1. The molecular weight excluding hydrogens is 272 g/mol. The molecular formula is C15H12N2O2S. The molecule has 0 radical (unpaired) electrons. The third-order valence-corrected chi connectivity index (χ3v) is 3.56. The van der Waals surface area contributed by atoms with E-state index in [4.69, 9.17) is 4.74 Å². The van der Waals surface area contributed by atoms with E-state index in [0.29, 0.717) is 5.13 Å². The third kappa shape index (κ3) is 2.78. The van der Waals surface area contributed by atoms with Crippen molar-refractivity contribution in [2.45, 2.75) is 6.92 Å². The predicted octanol–water partition coefficient (Wildman–Crippen LogP) is 4.05. The van der Waals surface area contributed by atoms with Crippen molar-refractivity contribution in [3.05, 3.63) is 48.5 Å². The number of carbonyl (C=O) groups is 1. The molecule has 3 rings (SSSR count). The van der Waals surface area contributed by atoms with Crippen LogP contribution in [0.4, 0.5) is 5.13 Å². The van der Waals surface area contributed by atoms with Crippen LogP contribution < -0.4 is 10.1 Å². The van der Waals surface area contributed by atoms with Crippen LogP contribution in [0.3, 0.4) is 0 Å². The van der Waals surface area contributed by atoms with Crippen molar-refractivity contribution < 1.29 is 9.53 Å². The minimum absolute atomic E-state index is 0.121. The molecule has 1 amide bonds. The largest absolute Gasteiger partial charge is 0.457 e. The van der Waals surface area contributed by atoms with Gasteiger partial charge < -0.3 is 10.1 Å². The highest BCUT2D eigenvalue weighted by molar-refractivity contribution is 7.22. The molecule has 0 fully saturated rings. The van der Waals surface area contributed by atoms with Gasteiger partial charge in [0.2, 0.25) is 5.91 Å². The Morgan fingerprint density at radius 1 is 1.15 bits per heavy atom. The highest BCUT2D eigenvalue weighted by atomic mass is 32.1. The molecule has 0 saturated carbocycles. The predicted molar refractivity (Wildman–Crippen MR) is 80.4 cm³/mol. The first-order valence-corrected chi connectivity index (χ1v) is 6.93. The van der Waals surface area contributed by atoms with Gasteiger partial charge in [-0.2, -0.15) is 0 Å². The van der Waals surface area contributed by atoms with Gasteiger partial charge in [-0.05, 0) is 24.3 Å². The van der Waals surface area contributed by atoms with Crippen molar-refractivity contribution in [2.75, 3.05) is 5.32 Å². The molecule has 0 aliphatic rings. The zero-order chi connectivity index (χ0) is 13.9. The number of benzene rings is 2. The van der Waals surface area contributed by atoms with Gasteiger partial charge >= 0.3 is 0 Å². The fourth-order valence-electron chi connectivity index (χ4n) is 1.80. The normalized spacial score (nSPS) is 10.4. The number of nitrogens with zero attached hydrogens (tertiary/aromatic N) is 1. The quantitative estimate of drug-likeness (QED) is 0.789. The van der Waals surface area contributed by atoms with Crippen LogP contribution in [0.15, 0.2) is 48.5 Å². The molecule has 4 nitrogen and oxygen atoms in total. The average molecular weight is 284 g/mol. The molecule has 0 atom stereocenters. The fraction of sp³-hybridized carbons (Fsp3) is 0.0667. The summed E-state index contributed by atoms with van der Waals surface area (Å²) in [6.07, 6.45) is 0. The summed E-state index contributed by atoms with van der Waals surface area (Å²) in [5.74, 6) is 1.42. The van der Waals surface area contributed by atoms with E-state index in [1.807, 2.05) is 48.5 Å². The second-order valence-electron chi connectivity index (χ2n) is 4.24. The highest BCUT2D eigenvalue weighted by Gasteiger charge is 2.06. The number of thiazole rings is 1. The molecule has 1 aromatic heterocycles. The molecule has 2 aromatic carbocycles. The van der Waals surface area contributed by atoms with Gasteiger partial charge in [-0.15, -0.1) is 0 Å². The average Bonchev–Trinajstić information content (AvgIpc) is 2.80. The molecule has 1 heterocycles. The van der Waals surface area contributed by atoms with Crippen molar-refractivity contribution in [1.29, 1.82) is 0 Å². The highest BCUT2D eigenvalue weighted by Crippen LogP contribution is 2.31. The van der Waals surface area contributed by atoms with E-state index in [1.165, 1.54) is 18.3 Å². The standard InChI is InChI=1S/C15H12N2O2S/c1-10(18)16-15-17-13-8-7-12(9-14(13)20-15)19-11-5-3-2-4-6-11/h2-9H,1H3,(H,16,17,18). The molecule has 0 saturated heterocycles. The zero-order valence-electron chi connectivity index (χ0n) is 10.8. The molecule has 3 aromatic rings. The maximum absolute atomic E-state index is 11.0. The smallest absolute Gasteiger partial charge is 0.223 e. The van der Waals surface area contributed by atoms with Crippen LogP contribution in [-0.4, -0.2) is 10.9 Å². The van der Waals surface area contributed by atoms with Crippen molar-refractivity contribution in [3.63, 3.8) is 0 Å². The summed E-state index contributed by atoms with van der Waals surface area (Å²) < 4.78 is 6.74. The Morgan fingerprint density at radius 3 is 2.70 bits per heavy atom. The van der Waals surface area contributed by atoms with Gasteiger partial charge in [-0.3, -0.25) is 4.79 Å². The van der Waals surface area contributed by atoms with Crippen molar-refractivity contribution >= 4 is 32.6 Å². The van der Waals surface area contributed by atoms with Crippen LogP contribution in [0.1, 0.15) is 6.92 Å². The number of anilines is 1. The van der Waals surface area contributed by atoms with Crippen molar-refractivity contribution in [1.82, 2.24) is 4.98 Å². The van der Waals surface area contributed by atoms with Gasteiger partial charge in [0.25, 0.3) is 0 Å². The molecule has 0 bridgehead atoms. The lowest BCUT2D eigenvalue weighted by molar-refractivity contribution is -0.114. The lowest BCUT2D eigenvalue weighted by Gasteiger charge is -2.04. The zero-order valence-corrected chi connectivity index (χ0v) is 11.6. The Labute approximate surface area is 120 Å². The molecule has 0 aliphatic carbocycles. The van der Waals surface area contributed by atoms with Crippen LogP contribution in [0, 0.1) is 0 Å². The van der Waals surface area contributed by atoms with E-state index in [0.717, 1.165) is 21.7 Å². The van der Waals surface area contributed by atoms with Gasteiger partial charge in [-0.1, -0.05) is 29.5 Å². The van der Waals surface area contributed by atoms with Crippen molar-refractivity contribution in [2.24, 2.45) is 0 Å². The van der Waals surface area contributed by atoms with E-state index >= 15 is 0 Å². The molecule has 0 aliphatic heterocycles. The first-order valence-electron chi connectivity index (χ1n) is 6.12. The lowest BCUT2D eigenvalue weighted by atomic mass is 10.3. The van der Waals surface area contributed by atoms with E-state index < -0.39 is 0 Å². The summed E-state index contributed by atoms with van der Waals surface area (Å²) >= 11 is 1.43. The first-order chi connectivity index (χ1) is 9.70. The molecule has 100 valence electrons. The topological polar surface area (TPSA) is 51.2 Å². The van der Waals surface area contributed by atoms with Crippen LogP contribution in [0.5, 0.6) is 11.5 Å². The Kier molecular flexibility index (Phi) is 3.35. The fourth-order valence-corrected chi connectivity index (χ4v) is 2.74. The third-order valence-electron chi connectivity index (χ3n) is 2.62. The second kappa shape index (κ2) is 5.30. The van der Waals surface area contributed by atoms with E-state index in [-0.39, 0.29) is 5.91 Å². The second-order valence-corrected chi connectivity index (χ2v) is 5.28. The summed E-state index contributed by atoms with van der Waals surface area (Å²) in [4.78, 5) is 15.4. The van der Waals surface area contributed by atoms with Crippen LogP contribution in [0.25, 0.3) is 10.2 Å². The van der Waals surface area contributed by atoms with Crippen LogP contribution in [-0.2, 0) is 4.79 Å². The molecule has 0 spiro atoms. The summed E-state index contributed by atoms with van der Waals surface area (Å²) in [7, 11) is 0. The minimum Gasteiger partial charge on any atom is -0.457 e. The summed E-state index contributed by atoms with van der Waals surface area (Å²) in [5, 5.41) is 3.29. The summed E-state index contributed by atoms with van der Waals surface area (Å²) in [6.45, 7) is 1.47. The Balaban J connectivity index is 1.88. The lowest BCUT2D eigenvalue weighted by Crippen LogP contribution is -2.04. The summed E-state index contributed by atoms with van der Waals surface area (Å²) in [5.41, 5.74) is 0.846. The van der Waals surface area contributed by atoms with Gasteiger partial charge in [-0.25, -0.2) is 4.98 Å². The molecule has 5 heteroatoms. The SMILES string of the molecule is CC(=O)Nc1nc2ccc(Oc3ccccc3)cc2s1. The number of fused-ring (bicyclic) bond motifs is 1. The number of hydrogen-bond acceptors (Lipinski definition) is 4. The number of nitrogens with one attached hydrogen (secondary N) is 1. The maximum Gasteiger partial charge on any atom is 0.223 e. The number of para-hydroxylation sites is 1. The monoisotopic (exact) mass is 284 g/mol. The minimum atomic E-state index is -0.121. The van der Waals surface area contributed by atoms with Crippen molar-refractivity contribution in [3.8, 4) is 11.5 Å². The van der Waals surface area contributed by atoms with E-state index in [9.17, 15) is 4.79 Å². The van der Waals surface area contributed by atoms with Gasteiger partial charge in [0.05, 0.1) is 10.2 Å². The van der Waals surface area contributed by atoms with E-state index in [2.05, 4.69) is 10.3 Å². The Morgan fingerprint density at radius 2 is 1.95 bits per heavy atom. The van der Waals surface area contributed by atoms with Gasteiger partial charge in [0.1, 0.15) is 11.5 Å². The molecule has 0 unspecified atom stereocenters. The number of amides is 1. The van der Waals surface area contributed by atoms with Gasteiger partial charge in [0.15, 0.2) is 5.13 Å². The number of hydrogen-bond donors (Lipinski definition) is 1. The Bertz CT molecular complexity index is 753. The Hall–Kier alpha value is -2.40. The van der Waals surface area contributed by atoms with E-state index in [1.54, 1.807) is 0 Å². The maximum atomic E-state index is 11.0. The summed E-state index contributed by atoms with van der Waals surface area (Å²) in [6, 6.07) is 15.3. The van der Waals surface area contributed by atoms with Crippen LogP contribution >= 0.6 is 11.3 Å². The molecule has 20 heavy (non-hydrogen) atoms. The number of carbonyl (C=O) groups excluding carboxylic acids is 1. The van der Waals surface area contributed by atoms with Crippen LogP contribution in [0.2, 0.25) is 0 Å². The number of aromatic nitrogens is 1. The number of rotatable bonds is 3.